The maximum atomic E-state index is 11.4. The number of hydrogen-bond acceptors (Lipinski definition) is 8. The zero-order valence-electron chi connectivity index (χ0n) is 23.8. The van der Waals surface area contributed by atoms with E-state index in [2.05, 4.69) is 24.1 Å². The average molecular weight is 550 g/mol. The molecule has 208 valence electrons. The molecule has 0 saturated carbocycles. The van der Waals surface area contributed by atoms with E-state index in [1.807, 2.05) is 50.4 Å². The molecule has 1 aliphatic heterocycles. The second-order valence-electron chi connectivity index (χ2n) is 10.7. The predicted molar refractivity (Wildman–Crippen MR) is 154 cm³/mol. The Morgan fingerprint density at radius 3 is 2.64 bits per heavy atom. The summed E-state index contributed by atoms with van der Waals surface area (Å²) in [7, 11) is 5.38. The maximum absolute atomic E-state index is 11.4. The van der Waals surface area contributed by atoms with Crippen LogP contribution in [0.15, 0.2) is 41.9 Å². The minimum absolute atomic E-state index is 0.0259. The Labute approximate surface area is 236 Å². The van der Waals surface area contributed by atoms with E-state index < -0.39 is 11.0 Å². The lowest BCUT2D eigenvalue weighted by atomic mass is 9.71. The molecule has 0 fully saturated rings. The smallest absolute Gasteiger partial charge is 0.160 e. The first kappa shape index (κ1) is 28.9. The van der Waals surface area contributed by atoms with E-state index in [1.54, 1.807) is 31.8 Å². The van der Waals surface area contributed by atoms with Crippen molar-refractivity contribution in [2.45, 2.75) is 57.7 Å². The van der Waals surface area contributed by atoms with Gasteiger partial charge in [-0.15, -0.1) is 11.3 Å². The van der Waals surface area contributed by atoms with Gasteiger partial charge in [-0.2, -0.15) is 5.26 Å². The van der Waals surface area contributed by atoms with E-state index in [1.165, 1.54) is 5.56 Å². The minimum Gasteiger partial charge on any atom is -0.506 e. The molecule has 3 aromatic rings. The summed E-state index contributed by atoms with van der Waals surface area (Å²) in [4.78, 5) is 8.08. The van der Waals surface area contributed by atoms with Crippen molar-refractivity contribution in [1.82, 2.24) is 9.88 Å². The number of hydrogen-bond donors (Lipinski definition) is 1. The highest BCUT2D eigenvalue weighted by Crippen LogP contribution is 2.49. The molecular formula is C31H39N3O4S. The van der Waals surface area contributed by atoms with E-state index in [0.29, 0.717) is 18.7 Å². The topological polar surface area (TPSA) is 87.8 Å². The van der Waals surface area contributed by atoms with Crippen molar-refractivity contribution in [2.24, 2.45) is 5.92 Å². The molecule has 1 aliphatic rings. The van der Waals surface area contributed by atoms with Gasteiger partial charge in [0.05, 0.1) is 26.9 Å². The van der Waals surface area contributed by atoms with Crippen LogP contribution in [0.25, 0.3) is 0 Å². The summed E-state index contributed by atoms with van der Waals surface area (Å²) in [5, 5.41) is 23.9. The molecule has 2 aromatic heterocycles. The number of pyridine rings is 1. The molecule has 2 unspecified atom stereocenters. The van der Waals surface area contributed by atoms with E-state index in [0.717, 1.165) is 53.4 Å². The summed E-state index contributed by atoms with van der Waals surface area (Å²) in [5.74, 6) is 1.53. The summed E-state index contributed by atoms with van der Waals surface area (Å²) >= 11 is 1.62. The van der Waals surface area contributed by atoms with Gasteiger partial charge in [0.15, 0.2) is 11.5 Å². The summed E-state index contributed by atoms with van der Waals surface area (Å²) in [6.45, 7) is 8.08. The van der Waals surface area contributed by atoms with E-state index >= 15 is 0 Å². The van der Waals surface area contributed by atoms with Crippen molar-refractivity contribution in [3.05, 3.63) is 69.2 Å². The highest BCUT2D eigenvalue weighted by molar-refractivity contribution is 7.10. The third-order valence-corrected chi connectivity index (χ3v) is 9.19. The van der Waals surface area contributed by atoms with Gasteiger partial charge in [-0.05, 0) is 74.8 Å². The zero-order valence-corrected chi connectivity index (χ0v) is 24.6. The Bertz CT molecular complexity index is 1320. The van der Waals surface area contributed by atoms with Crippen LogP contribution in [0.4, 0.5) is 0 Å². The Morgan fingerprint density at radius 1 is 1.23 bits per heavy atom. The lowest BCUT2D eigenvalue weighted by Gasteiger charge is -2.32. The number of nitriles is 1. The second kappa shape index (κ2) is 12.0. The van der Waals surface area contributed by atoms with Crippen LogP contribution < -0.4 is 9.47 Å². The number of thiophene rings is 1. The zero-order chi connectivity index (χ0) is 28.2. The van der Waals surface area contributed by atoms with Crippen molar-refractivity contribution in [3.8, 4) is 23.3 Å². The quantitative estimate of drug-likeness (QED) is 0.295. The Kier molecular flexibility index (Phi) is 8.85. The van der Waals surface area contributed by atoms with Gasteiger partial charge in [0.2, 0.25) is 0 Å². The third-order valence-electron chi connectivity index (χ3n) is 8.12. The predicted octanol–water partition coefficient (Wildman–Crippen LogP) is 6.03. The monoisotopic (exact) mass is 549 g/mol. The van der Waals surface area contributed by atoms with Crippen LogP contribution in [0.3, 0.4) is 0 Å². The van der Waals surface area contributed by atoms with Gasteiger partial charge in [0.1, 0.15) is 22.5 Å². The largest absolute Gasteiger partial charge is 0.506 e. The fourth-order valence-corrected chi connectivity index (χ4v) is 6.34. The lowest BCUT2D eigenvalue weighted by molar-refractivity contribution is 0.0120. The third kappa shape index (κ3) is 5.49. The molecule has 0 bridgehead atoms. The van der Waals surface area contributed by atoms with Crippen LogP contribution in [-0.4, -0.2) is 49.3 Å². The van der Waals surface area contributed by atoms with Gasteiger partial charge in [0, 0.05) is 28.7 Å². The lowest BCUT2D eigenvalue weighted by Crippen LogP contribution is -2.34. The number of rotatable bonds is 12. The highest BCUT2D eigenvalue weighted by Gasteiger charge is 2.45. The molecule has 7 nitrogen and oxygen atoms in total. The summed E-state index contributed by atoms with van der Waals surface area (Å²) in [6, 6.07) is 12.6. The molecule has 0 amide bonds. The van der Waals surface area contributed by atoms with Crippen LogP contribution in [0.2, 0.25) is 0 Å². The summed E-state index contributed by atoms with van der Waals surface area (Å²) in [5.41, 5.74) is 1.71. The normalized spacial score (nSPS) is 18.1. The number of fused-ring (bicyclic) bond motifs is 1. The van der Waals surface area contributed by atoms with Crippen LogP contribution in [0, 0.1) is 17.2 Å². The van der Waals surface area contributed by atoms with Crippen molar-refractivity contribution < 1.29 is 19.3 Å². The maximum Gasteiger partial charge on any atom is 0.160 e. The van der Waals surface area contributed by atoms with Crippen molar-refractivity contribution >= 4 is 11.3 Å². The first-order valence-electron chi connectivity index (χ1n) is 13.4. The van der Waals surface area contributed by atoms with E-state index in [-0.39, 0.29) is 11.7 Å². The molecule has 8 heteroatoms. The van der Waals surface area contributed by atoms with Gasteiger partial charge in [0.25, 0.3) is 0 Å². The molecule has 0 saturated heterocycles. The Hall–Kier alpha value is -3.12. The number of aromatic hydroxyl groups is 1. The Morgan fingerprint density at radius 2 is 2.00 bits per heavy atom. The fraction of sp³-hybridized carbons (Fsp3) is 0.484. The van der Waals surface area contributed by atoms with E-state index in [4.69, 9.17) is 19.2 Å². The van der Waals surface area contributed by atoms with Gasteiger partial charge in [-0.25, -0.2) is 0 Å². The molecule has 39 heavy (non-hydrogen) atoms. The van der Waals surface area contributed by atoms with E-state index in [9.17, 15) is 10.4 Å². The number of methoxy groups -OCH3 is 2. The molecule has 0 aliphatic carbocycles. The highest BCUT2D eigenvalue weighted by atomic mass is 32.1. The molecule has 2 atom stereocenters. The molecule has 3 heterocycles. The first-order valence-corrected chi connectivity index (χ1v) is 14.3. The van der Waals surface area contributed by atoms with Crippen LogP contribution in [-0.2, 0) is 28.8 Å². The Balaban J connectivity index is 1.46. The molecule has 1 aromatic carbocycles. The molecule has 0 radical (unpaired) electrons. The summed E-state index contributed by atoms with van der Waals surface area (Å²) < 4.78 is 17.0. The van der Waals surface area contributed by atoms with Crippen LogP contribution in [0.5, 0.6) is 17.2 Å². The number of benzene rings is 1. The van der Waals surface area contributed by atoms with Gasteiger partial charge in [-0.1, -0.05) is 26.0 Å². The molecule has 4 rings (SSSR count). The summed E-state index contributed by atoms with van der Waals surface area (Å²) in [6.07, 6.45) is 4.08. The van der Waals surface area contributed by atoms with Crippen molar-refractivity contribution in [3.63, 3.8) is 0 Å². The number of nitrogens with zero attached hydrogens (tertiary/aromatic N) is 3. The molecular weight excluding hydrogens is 510 g/mol. The number of likely N-dealkylation sites (N-methyl/N-ethyl adjacent to an activating group) is 1. The minimum atomic E-state index is -0.898. The van der Waals surface area contributed by atoms with Crippen LogP contribution >= 0.6 is 11.3 Å². The van der Waals surface area contributed by atoms with Gasteiger partial charge in [-0.3, -0.25) is 4.98 Å². The second-order valence-corrected chi connectivity index (χ2v) is 11.7. The number of ether oxygens (including phenoxy) is 3. The molecule has 1 N–H and O–H groups in total. The first-order chi connectivity index (χ1) is 18.7. The van der Waals surface area contributed by atoms with Gasteiger partial charge >= 0.3 is 0 Å². The fourth-order valence-electron chi connectivity index (χ4n) is 5.48. The standard InChI is InChI=1S/C31H39N3O4S/c1-21(2)31(20-32,13-8-14-34(4)15-12-22-10-11-25(36-5)26(17-22)37-6)29-28(35)23-19-38-30(3,24(23)18-33-29)27-9-7-16-39-27/h7,9-11,16-18,21,35H,8,12-15,19H2,1-6H3. The number of aromatic nitrogens is 1. The van der Waals surface area contributed by atoms with Crippen molar-refractivity contribution in [2.75, 3.05) is 34.4 Å². The SMILES string of the molecule is COc1ccc(CCN(C)CCCC(C#N)(c2ncc3c(c2O)COC3(C)c2cccs2)C(C)C)cc1OC. The van der Waals surface area contributed by atoms with Crippen LogP contribution in [0.1, 0.15) is 60.9 Å². The van der Waals surface area contributed by atoms with Gasteiger partial charge < -0.3 is 24.2 Å². The average Bonchev–Trinajstić information content (AvgIpc) is 3.60. The molecule has 0 spiro atoms. The van der Waals surface area contributed by atoms with Crippen molar-refractivity contribution in [1.29, 1.82) is 5.26 Å².